The van der Waals surface area contributed by atoms with E-state index in [0.29, 0.717) is 19.8 Å². The minimum atomic E-state index is -1.77. The van der Waals surface area contributed by atoms with Crippen LogP contribution >= 0.6 is 0 Å². The second-order valence-corrected chi connectivity index (χ2v) is 13.9. The molecule has 4 aliphatic heterocycles. The SMILES string of the molecule is CC1(C)COC([B-](C2=[NH+]C(C)(C)CO2)(C2=[NH+]C(C)(C)CO2)c2ccccc2)=[NH+]1.CC1(C)O[BH2-]OC1(C)C.[Mg+2]. The standard InChI is InChI=1S/C21H29BN3O3.C6H14BO2.Mg/c1-19(2)12-26-16(23-19)22(15-10-8-7-9-11-15,17-24-20(3,4)13-27-17)18-25-21(5,6)14-28-18;1-5(2)6(3,4)9-7-8-5;/h7-11H,12-14H2,1-6H3;7H2,1-4H3;/q2*-1;+2/p+3. The van der Waals surface area contributed by atoms with Crippen LogP contribution in [0.5, 0.6) is 0 Å². The third-order valence-electron chi connectivity index (χ3n) is 8.27. The van der Waals surface area contributed by atoms with E-state index < -0.39 is 13.8 Å². The number of benzene rings is 1. The van der Waals surface area contributed by atoms with E-state index in [2.05, 4.69) is 96.3 Å². The Labute approximate surface area is 244 Å². The Balaban J connectivity index is 0.000000341. The number of nitrogens with one attached hydrogen (secondary N) is 3. The van der Waals surface area contributed by atoms with Crippen LogP contribution in [0.3, 0.4) is 0 Å². The predicted molar refractivity (Wildman–Crippen MR) is 154 cm³/mol. The van der Waals surface area contributed by atoms with Crippen LogP contribution in [-0.4, -0.2) is 102 Å². The monoisotopic (exact) mass is 538 g/mol. The van der Waals surface area contributed by atoms with Crippen LogP contribution in [0, 0.1) is 0 Å². The first-order valence-corrected chi connectivity index (χ1v) is 13.6. The molecule has 5 rings (SSSR count). The van der Waals surface area contributed by atoms with Crippen LogP contribution in [0.2, 0.25) is 0 Å². The average Bonchev–Trinajstić information content (AvgIpc) is 3.51. The van der Waals surface area contributed by atoms with E-state index in [-0.39, 0.29) is 50.9 Å². The Morgan fingerprint density at radius 1 is 0.605 bits per heavy atom. The molecule has 4 aliphatic rings. The Morgan fingerprint density at radius 2 is 0.947 bits per heavy atom. The fraction of sp³-hybridized carbons (Fsp3) is 0.667. The summed E-state index contributed by atoms with van der Waals surface area (Å²) in [6, 6.07) is 10.4. The van der Waals surface area contributed by atoms with Gasteiger partial charge < -0.3 is 23.5 Å². The zero-order valence-electron chi connectivity index (χ0n) is 25.3. The topological polar surface area (TPSA) is 88.1 Å². The third kappa shape index (κ3) is 5.95. The van der Waals surface area contributed by atoms with Crippen molar-refractivity contribution in [1.82, 2.24) is 0 Å². The van der Waals surface area contributed by atoms with Crippen LogP contribution in [-0.2, 0) is 23.5 Å². The molecule has 0 amide bonds. The Morgan fingerprint density at radius 3 is 1.18 bits per heavy atom. The van der Waals surface area contributed by atoms with Crippen molar-refractivity contribution in [2.24, 2.45) is 0 Å². The molecule has 1 saturated heterocycles. The number of rotatable bonds is 4. The summed E-state index contributed by atoms with van der Waals surface area (Å²) in [6.07, 6.45) is -1.77. The molecule has 0 bridgehead atoms. The molecule has 1 aromatic rings. The first-order valence-electron chi connectivity index (χ1n) is 13.6. The molecule has 0 atom stereocenters. The zero-order chi connectivity index (χ0) is 27.3. The molecule has 204 valence electrons. The number of hydrogen-bond donors (Lipinski definition) is 3. The molecule has 4 heterocycles. The van der Waals surface area contributed by atoms with Crippen molar-refractivity contribution in [1.29, 1.82) is 0 Å². The van der Waals surface area contributed by atoms with Crippen molar-refractivity contribution >= 4 is 59.7 Å². The van der Waals surface area contributed by atoms with E-state index in [1.165, 1.54) is 0 Å². The van der Waals surface area contributed by atoms with E-state index in [1.54, 1.807) is 0 Å². The van der Waals surface area contributed by atoms with Gasteiger partial charge in [-0.3, -0.25) is 0 Å². The molecule has 1 fully saturated rings. The third-order valence-corrected chi connectivity index (χ3v) is 8.27. The van der Waals surface area contributed by atoms with Crippen LogP contribution < -0.4 is 20.4 Å². The second-order valence-electron chi connectivity index (χ2n) is 13.9. The Bertz CT molecular complexity index is 1020. The number of hydrogen-bond acceptors (Lipinski definition) is 5. The Hall–Kier alpha value is -1.55. The number of ether oxygens (including phenoxy) is 3. The van der Waals surface area contributed by atoms with Gasteiger partial charge >= 0.3 is 29.2 Å². The minimum Gasteiger partial charge on any atom is -0.566 e. The maximum atomic E-state index is 6.30. The molecule has 38 heavy (non-hydrogen) atoms. The fourth-order valence-corrected chi connectivity index (χ4v) is 5.19. The fourth-order valence-electron chi connectivity index (χ4n) is 5.19. The van der Waals surface area contributed by atoms with E-state index in [9.17, 15) is 0 Å². The van der Waals surface area contributed by atoms with Crippen LogP contribution in [0.25, 0.3) is 0 Å². The summed E-state index contributed by atoms with van der Waals surface area (Å²) in [7, 11) is -0.556. The quantitative estimate of drug-likeness (QED) is 0.357. The molecule has 0 saturated carbocycles. The van der Waals surface area contributed by atoms with Crippen molar-refractivity contribution in [3.05, 3.63) is 30.3 Å². The first kappa shape index (κ1) is 31.0. The summed E-state index contributed by atoms with van der Waals surface area (Å²) in [5.41, 5.74) is 0.435. The van der Waals surface area contributed by atoms with E-state index in [4.69, 9.17) is 23.5 Å². The van der Waals surface area contributed by atoms with Gasteiger partial charge in [0.2, 0.25) is 7.69 Å². The zero-order valence-corrected chi connectivity index (χ0v) is 26.7. The van der Waals surface area contributed by atoms with Crippen molar-refractivity contribution in [2.45, 2.75) is 97.1 Å². The van der Waals surface area contributed by atoms with E-state index in [1.807, 2.05) is 18.2 Å². The van der Waals surface area contributed by atoms with Crippen molar-refractivity contribution < 1.29 is 38.5 Å². The average molecular weight is 539 g/mol. The summed E-state index contributed by atoms with van der Waals surface area (Å²) < 4.78 is 29.8. The van der Waals surface area contributed by atoms with Crippen LogP contribution in [0.15, 0.2) is 30.3 Å². The molecule has 11 heteroatoms. The van der Waals surface area contributed by atoms with E-state index in [0.717, 1.165) is 22.9 Å². The van der Waals surface area contributed by atoms with Gasteiger partial charge in [-0.1, -0.05) is 30.3 Å². The molecular weight excluding hydrogens is 492 g/mol. The summed E-state index contributed by atoms with van der Waals surface area (Å²) in [6.45, 7) is 22.9. The largest absolute Gasteiger partial charge is 2.00 e. The van der Waals surface area contributed by atoms with Gasteiger partial charge in [-0.15, -0.1) is 0 Å². The van der Waals surface area contributed by atoms with E-state index >= 15 is 0 Å². The normalized spacial score (nSPS) is 25.4. The van der Waals surface area contributed by atoms with Gasteiger partial charge in [0.05, 0.1) is 0 Å². The molecule has 0 radical (unpaired) electrons. The van der Waals surface area contributed by atoms with Gasteiger partial charge in [-0.05, 0) is 27.7 Å². The van der Waals surface area contributed by atoms with Gasteiger partial charge in [-0.25, -0.2) is 15.0 Å². The first-order chi connectivity index (χ1) is 17.0. The summed E-state index contributed by atoms with van der Waals surface area (Å²) >= 11 is 0. The maximum absolute atomic E-state index is 6.30. The molecule has 8 nitrogen and oxygen atoms in total. The van der Waals surface area contributed by atoms with Gasteiger partial charge in [0.15, 0.2) is 53.8 Å². The van der Waals surface area contributed by atoms with Crippen LogP contribution in [0.4, 0.5) is 0 Å². The predicted octanol–water partition coefficient (Wildman–Crippen LogP) is -2.97. The summed E-state index contributed by atoms with van der Waals surface area (Å²) in [4.78, 5) is 10.9. The molecule has 3 N–H and O–H groups in total. The second kappa shape index (κ2) is 10.4. The molecule has 0 aromatic heterocycles. The maximum Gasteiger partial charge on any atom is 2.00 e. The van der Waals surface area contributed by atoms with Gasteiger partial charge in [0.25, 0.3) is 0 Å². The molecule has 0 spiro atoms. The molecule has 0 aliphatic carbocycles. The van der Waals surface area contributed by atoms with Crippen LogP contribution in [0.1, 0.15) is 69.2 Å². The molecular formula is C27H46B2MgN3O5+3. The van der Waals surface area contributed by atoms with Gasteiger partial charge in [-0.2, -0.15) is 5.46 Å². The summed E-state index contributed by atoms with van der Waals surface area (Å²) in [5.74, 6) is 2.37. The Kier molecular flexibility index (Phi) is 8.52. The van der Waals surface area contributed by atoms with Gasteiger partial charge in [0.1, 0.15) is 0 Å². The van der Waals surface area contributed by atoms with Gasteiger partial charge in [0, 0.05) is 52.7 Å². The molecule has 0 unspecified atom stereocenters. The van der Waals surface area contributed by atoms with Crippen molar-refractivity contribution in [3.8, 4) is 0 Å². The van der Waals surface area contributed by atoms with Crippen molar-refractivity contribution in [2.75, 3.05) is 19.8 Å². The summed E-state index contributed by atoms with van der Waals surface area (Å²) in [5, 5.41) is 0. The molecule has 1 aromatic carbocycles. The minimum absolute atomic E-state index is 0. The smallest absolute Gasteiger partial charge is 0.566 e. The van der Waals surface area contributed by atoms with Crippen molar-refractivity contribution in [3.63, 3.8) is 0 Å².